The molecule has 1 aromatic rings. The summed E-state index contributed by atoms with van der Waals surface area (Å²) in [5.41, 5.74) is 0.937. The maximum absolute atomic E-state index is 8.96. The van der Waals surface area contributed by atoms with Crippen LogP contribution < -0.4 is 0 Å². The van der Waals surface area contributed by atoms with Crippen molar-refractivity contribution in [1.29, 1.82) is 5.26 Å². The highest BCUT2D eigenvalue weighted by Gasteiger charge is 2.19. The van der Waals surface area contributed by atoms with E-state index in [-0.39, 0.29) is 0 Å². The van der Waals surface area contributed by atoms with E-state index in [9.17, 15) is 0 Å². The minimum Gasteiger partial charge on any atom is -0.402 e. The van der Waals surface area contributed by atoms with Gasteiger partial charge in [-0.05, 0) is 17.7 Å². The first-order chi connectivity index (χ1) is 7.17. The van der Waals surface area contributed by atoms with Crippen LogP contribution in [0.5, 0.6) is 0 Å². The molecule has 1 unspecified atom stereocenters. The molecule has 1 aromatic carbocycles. The highest BCUT2D eigenvalue weighted by Crippen LogP contribution is 2.17. The van der Waals surface area contributed by atoms with E-state index >= 15 is 0 Å². The molecule has 0 saturated carbocycles. The zero-order valence-corrected chi connectivity index (χ0v) is 7.87. The molecule has 78 valence electrons. The Labute approximate surface area is 87.3 Å². The Morgan fingerprint density at radius 1 is 1.47 bits per heavy atom. The third kappa shape index (κ3) is 3.34. The summed E-state index contributed by atoms with van der Waals surface area (Å²) >= 11 is 0. The second-order valence-corrected chi connectivity index (χ2v) is 2.87. The Bertz CT molecular complexity index is 363. The van der Waals surface area contributed by atoms with Crippen molar-refractivity contribution < 1.29 is 19.8 Å². The molecule has 15 heavy (non-hydrogen) atoms. The van der Waals surface area contributed by atoms with Gasteiger partial charge >= 0.3 is 7.32 Å². The molecule has 0 amide bonds. The van der Waals surface area contributed by atoms with Crippen LogP contribution in [0.1, 0.15) is 17.2 Å². The van der Waals surface area contributed by atoms with Gasteiger partial charge in [-0.15, -0.1) is 0 Å². The van der Waals surface area contributed by atoms with E-state index in [2.05, 4.69) is 4.65 Å². The topological polar surface area (TPSA) is 93.7 Å². The summed E-state index contributed by atoms with van der Waals surface area (Å²) in [7, 11) is -1.95. The first-order valence-corrected chi connectivity index (χ1v) is 4.30. The van der Waals surface area contributed by atoms with E-state index in [0.29, 0.717) is 11.1 Å². The monoisotopic (exact) mass is 207 g/mol. The van der Waals surface area contributed by atoms with Crippen molar-refractivity contribution in [1.82, 2.24) is 0 Å². The number of rotatable bonds is 4. The molecule has 0 aliphatic rings. The number of hydrogen-bond donors (Lipinski definition) is 3. The Balaban J connectivity index is 2.87. The molecule has 6 heteroatoms. The van der Waals surface area contributed by atoms with Crippen LogP contribution in [-0.2, 0) is 4.65 Å². The summed E-state index contributed by atoms with van der Waals surface area (Å²) < 4.78 is 4.64. The van der Waals surface area contributed by atoms with E-state index in [1.165, 1.54) is 6.07 Å². The Hall–Kier alpha value is -1.39. The SMILES string of the molecule is N#Cc1cccc(C(CO)OB(O)O)c1. The summed E-state index contributed by atoms with van der Waals surface area (Å²) in [6.45, 7) is -0.396. The maximum Gasteiger partial charge on any atom is 0.634 e. The molecule has 3 N–H and O–H groups in total. The van der Waals surface area contributed by atoms with Gasteiger partial charge in [0, 0.05) is 0 Å². The van der Waals surface area contributed by atoms with E-state index in [4.69, 9.17) is 20.4 Å². The molecule has 0 radical (unpaired) electrons. The van der Waals surface area contributed by atoms with Crippen molar-refractivity contribution in [2.45, 2.75) is 6.10 Å². The van der Waals surface area contributed by atoms with Gasteiger partial charge in [-0.2, -0.15) is 5.26 Å². The Morgan fingerprint density at radius 3 is 2.73 bits per heavy atom. The van der Waals surface area contributed by atoms with Crippen LogP contribution in [0.15, 0.2) is 24.3 Å². The fourth-order valence-corrected chi connectivity index (χ4v) is 1.18. The lowest BCUT2D eigenvalue weighted by atomic mass is 10.1. The molecule has 0 aromatic heterocycles. The van der Waals surface area contributed by atoms with Crippen LogP contribution in [0.2, 0.25) is 0 Å². The summed E-state index contributed by atoms with van der Waals surface area (Å²) in [6, 6.07) is 8.32. The third-order valence-corrected chi connectivity index (χ3v) is 1.84. The first-order valence-electron chi connectivity index (χ1n) is 4.30. The molecular formula is C9H10BNO4. The number of hydrogen-bond acceptors (Lipinski definition) is 5. The van der Waals surface area contributed by atoms with Crippen molar-refractivity contribution >= 4 is 7.32 Å². The van der Waals surface area contributed by atoms with E-state index in [1.54, 1.807) is 18.2 Å². The molecule has 0 aliphatic heterocycles. The summed E-state index contributed by atoms with van der Waals surface area (Å²) in [5.74, 6) is 0. The van der Waals surface area contributed by atoms with Gasteiger partial charge in [-0.3, -0.25) is 0 Å². The molecule has 0 heterocycles. The standard InChI is InChI=1S/C9H10BNO4/c11-5-7-2-1-3-8(4-7)9(6-12)15-10(13)14/h1-4,9,12-14H,6H2. The van der Waals surface area contributed by atoms with Crippen LogP contribution in [-0.4, -0.2) is 29.1 Å². The molecule has 0 spiro atoms. The van der Waals surface area contributed by atoms with Crippen molar-refractivity contribution in [2.24, 2.45) is 0 Å². The molecule has 5 nitrogen and oxygen atoms in total. The van der Waals surface area contributed by atoms with E-state index < -0.39 is 20.0 Å². The number of aliphatic hydroxyl groups is 1. The van der Waals surface area contributed by atoms with Gasteiger partial charge in [-0.25, -0.2) is 0 Å². The predicted octanol–water partition coefficient (Wildman–Crippen LogP) is -0.422. The zero-order chi connectivity index (χ0) is 11.3. The quantitative estimate of drug-likeness (QED) is 0.582. The number of aliphatic hydroxyl groups excluding tert-OH is 1. The lowest BCUT2D eigenvalue weighted by Crippen LogP contribution is -2.22. The minimum atomic E-state index is -1.95. The number of nitriles is 1. The normalized spacial score (nSPS) is 11.9. The fraction of sp³-hybridized carbons (Fsp3) is 0.222. The van der Waals surface area contributed by atoms with Gasteiger partial charge in [0.25, 0.3) is 0 Å². The molecule has 0 bridgehead atoms. The fourth-order valence-electron chi connectivity index (χ4n) is 1.18. The van der Waals surface area contributed by atoms with Gasteiger partial charge in [0.15, 0.2) is 0 Å². The molecular weight excluding hydrogens is 197 g/mol. The predicted molar refractivity (Wildman–Crippen MR) is 52.3 cm³/mol. The maximum atomic E-state index is 8.96. The van der Waals surface area contributed by atoms with Gasteiger partial charge in [0.1, 0.15) is 0 Å². The van der Waals surface area contributed by atoms with Crippen LogP contribution in [0, 0.1) is 11.3 Å². The van der Waals surface area contributed by atoms with Gasteiger partial charge < -0.3 is 19.8 Å². The molecule has 0 aliphatic carbocycles. The zero-order valence-electron chi connectivity index (χ0n) is 7.87. The molecule has 0 saturated heterocycles. The largest absolute Gasteiger partial charge is 0.634 e. The van der Waals surface area contributed by atoms with Crippen molar-refractivity contribution in [3.8, 4) is 6.07 Å². The van der Waals surface area contributed by atoms with E-state index in [0.717, 1.165) is 0 Å². The van der Waals surface area contributed by atoms with Crippen LogP contribution in [0.4, 0.5) is 0 Å². The Kier molecular flexibility index (Phi) is 4.27. The lowest BCUT2D eigenvalue weighted by molar-refractivity contribution is 0.0677. The average molecular weight is 207 g/mol. The highest BCUT2D eigenvalue weighted by atomic mass is 16.6. The van der Waals surface area contributed by atoms with Gasteiger partial charge in [0.2, 0.25) is 0 Å². The molecule has 0 fully saturated rings. The first kappa shape index (κ1) is 11.7. The minimum absolute atomic E-state index is 0.396. The summed E-state index contributed by atoms with van der Waals surface area (Å²) in [4.78, 5) is 0. The van der Waals surface area contributed by atoms with Crippen LogP contribution in [0.3, 0.4) is 0 Å². The smallest absolute Gasteiger partial charge is 0.402 e. The molecule has 1 rings (SSSR count). The summed E-state index contributed by atoms with van der Waals surface area (Å²) in [6.07, 6.45) is -0.849. The van der Waals surface area contributed by atoms with Crippen molar-refractivity contribution in [2.75, 3.05) is 6.61 Å². The second kappa shape index (κ2) is 5.48. The van der Waals surface area contributed by atoms with Gasteiger partial charge in [-0.1, -0.05) is 12.1 Å². The van der Waals surface area contributed by atoms with Crippen molar-refractivity contribution in [3.05, 3.63) is 35.4 Å². The van der Waals surface area contributed by atoms with Crippen LogP contribution >= 0.6 is 0 Å². The Morgan fingerprint density at radius 2 is 2.20 bits per heavy atom. The second-order valence-electron chi connectivity index (χ2n) is 2.87. The lowest BCUT2D eigenvalue weighted by Gasteiger charge is -2.15. The number of benzene rings is 1. The van der Waals surface area contributed by atoms with Crippen molar-refractivity contribution in [3.63, 3.8) is 0 Å². The summed E-state index contributed by atoms with van der Waals surface area (Å²) in [5, 5.41) is 34.8. The third-order valence-electron chi connectivity index (χ3n) is 1.84. The van der Waals surface area contributed by atoms with E-state index in [1.807, 2.05) is 6.07 Å². The molecule has 1 atom stereocenters. The average Bonchev–Trinajstić information content (AvgIpc) is 2.25. The van der Waals surface area contributed by atoms with Crippen LogP contribution in [0.25, 0.3) is 0 Å². The van der Waals surface area contributed by atoms with Gasteiger partial charge in [0.05, 0.1) is 24.3 Å². The number of nitrogens with zero attached hydrogens (tertiary/aromatic N) is 1. The highest BCUT2D eigenvalue weighted by molar-refractivity contribution is 6.32.